The van der Waals surface area contributed by atoms with Gasteiger partial charge in [0.15, 0.2) is 0 Å². The van der Waals surface area contributed by atoms with Gasteiger partial charge in [0, 0.05) is 24.9 Å². The molecule has 3 N–H and O–H groups in total. The van der Waals surface area contributed by atoms with Crippen molar-refractivity contribution in [2.45, 2.75) is 56.9 Å². The van der Waals surface area contributed by atoms with Gasteiger partial charge in [0.05, 0.1) is 6.42 Å². The van der Waals surface area contributed by atoms with Gasteiger partial charge in [0.1, 0.15) is 6.61 Å². The number of aliphatic carboxylic acids is 1. The monoisotopic (exact) mass is 476 g/mol. The second-order valence-corrected chi connectivity index (χ2v) is 10.3. The van der Waals surface area contributed by atoms with Crippen molar-refractivity contribution in [3.63, 3.8) is 0 Å². The number of amides is 2. The number of carbonyl (C=O) groups excluding carboxylic acids is 2. The second-order valence-electron chi connectivity index (χ2n) is 10.3. The molecule has 3 aliphatic rings. The average Bonchev–Trinajstić information content (AvgIpc) is 3.62. The Labute approximate surface area is 205 Å². The second kappa shape index (κ2) is 9.72. The number of hydrogen-bond acceptors (Lipinski definition) is 4. The van der Waals surface area contributed by atoms with Crippen LogP contribution in [0.3, 0.4) is 0 Å². The van der Waals surface area contributed by atoms with E-state index >= 15 is 0 Å². The molecule has 3 aliphatic carbocycles. The van der Waals surface area contributed by atoms with Crippen molar-refractivity contribution in [3.05, 3.63) is 59.7 Å². The molecule has 2 fully saturated rings. The molecule has 0 saturated heterocycles. The van der Waals surface area contributed by atoms with Gasteiger partial charge in [-0.3, -0.25) is 9.59 Å². The van der Waals surface area contributed by atoms with Crippen LogP contribution in [0.2, 0.25) is 0 Å². The van der Waals surface area contributed by atoms with Crippen LogP contribution in [-0.4, -0.2) is 42.3 Å². The first-order valence-electron chi connectivity index (χ1n) is 12.5. The maximum absolute atomic E-state index is 12.7. The van der Waals surface area contributed by atoms with Gasteiger partial charge in [0.25, 0.3) is 0 Å². The number of rotatable bonds is 10. The Morgan fingerprint density at radius 1 is 1.00 bits per heavy atom. The van der Waals surface area contributed by atoms with Crippen molar-refractivity contribution in [1.29, 1.82) is 0 Å². The van der Waals surface area contributed by atoms with E-state index in [1.54, 1.807) is 0 Å². The first kappa shape index (κ1) is 23.4. The van der Waals surface area contributed by atoms with Crippen LogP contribution in [0.1, 0.15) is 62.0 Å². The van der Waals surface area contributed by atoms with Crippen LogP contribution in [-0.2, 0) is 14.3 Å². The van der Waals surface area contributed by atoms with Crippen LogP contribution in [0.25, 0.3) is 11.1 Å². The fourth-order valence-corrected chi connectivity index (χ4v) is 5.60. The zero-order valence-corrected chi connectivity index (χ0v) is 19.8. The maximum atomic E-state index is 12.7. The van der Waals surface area contributed by atoms with Crippen molar-refractivity contribution < 1.29 is 24.2 Å². The number of benzene rings is 2. The summed E-state index contributed by atoms with van der Waals surface area (Å²) in [5, 5.41) is 15.0. The summed E-state index contributed by atoms with van der Waals surface area (Å²) in [6.07, 6.45) is 4.35. The molecule has 7 heteroatoms. The van der Waals surface area contributed by atoms with E-state index in [2.05, 4.69) is 34.9 Å². The summed E-state index contributed by atoms with van der Waals surface area (Å²) in [7, 11) is 0. The summed E-state index contributed by atoms with van der Waals surface area (Å²) in [5.74, 6) is -0.717. The first-order valence-corrected chi connectivity index (χ1v) is 12.5. The number of nitrogens with one attached hydrogen (secondary N) is 2. The van der Waals surface area contributed by atoms with Gasteiger partial charge in [-0.05, 0) is 59.3 Å². The van der Waals surface area contributed by atoms with E-state index < -0.39 is 12.1 Å². The highest BCUT2D eigenvalue weighted by atomic mass is 16.5. The van der Waals surface area contributed by atoms with Gasteiger partial charge in [-0.1, -0.05) is 55.0 Å². The number of carboxylic acid groups (broad SMARTS) is 1. The highest BCUT2D eigenvalue weighted by Crippen LogP contribution is 2.45. The zero-order chi connectivity index (χ0) is 24.4. The molecule has 1 atom stereocenters. The van der Waals surface area contributed by atoms with E-state index in [9.17, 15) is 14.4 Å². The van der Waals surface area contributed by atoms with Crippen molar-refractivity contribution in [2.75, 3.05) is 13.2 Å². The van der Waals surface area contributed by atoms with E-state index in [1.807, 2.05) is 24.3 Å². The minimum absolute atomic E-state index is 0.0104. The van der Waals surface area contributed by atoms with Crippen molar-refractivity contribution in [1.82, 2.24) is 10.6 Å². The smallest absolute Gasteiger partial charge is 0.407 e. The maximum Gasteiger partial charge on any atom is 0.407 e. The Morgan fingerprint density at radius 3 is 2.17 bits per heavy atom. The zero-order valence-electron chi connectivity index (χ0n) is 19.8. The third kappa shape index (κ3) is 5.19. The lowest BCUT2D eigenvalue weighted by Gasteiger charge is -2.40. The van der Waals surface area contributed by atoms with Gasteiger partial charge < -0.3 is 20.5 Å². The van der Waals surface area contributed by atoms with E-state index in [4.69, 9.17) is 9.84 Å². The van der Waals surface area contributed by atoms with E-state index in [1.165, 1.54) is 11.1 Å². The van der Waals surface area contributed by atoms with Gasteiger partial charge in [-0.2, -0.15) is 0 Å². The Balaban J connectivity index is 1.15. The van der Waals surface area contributed by atoms with Gasteiger partial charge >= 0.3 is 12.1 Å². The lowest BCUT2D eigenvalue weighted by Crippen LogP contribution is -2.46. The lowest BCUT2D eigenvalue weighted by atomic mass is 9.66. The number of fused-ring (bicyclic) bond motifs is 3. The van der Waals surface area contributed by atoms with Crippen molar-refractivity contribution >= 4 is 18.0 Å². The van der Waals surface area contributed by atoms with Crippen molar-refractivity contribution in [3.8, 4) is 11.1 Å². The topological polar surface area (TPSA) is 105 Å². The predicted molar refractivity (Wildman–Crippen MR) is 131 cm³/mol. The fraction of sp³-hybridized carbons (Fsp3) is 0.464. The van der Waals surface area contributed by atoms with E-state index in [-0.39, 0.29) is 48.6 Å². The summed E-state index contributed by atoms with van der Waals surface area (Å²) in [4.78, 5) is 36.5. The summed E-state index contributed by atoms with van der Waals surface area (Å²) in [5.41, 5.74) is 4.35. The predicted octanol–water partition coefficient (Wildman–Crippen LogP) is 4.46. The SMILES string of the molecule is O=C(O)CC1(CNC(=O)CC(NC(=O)OCC2c3ccccc3-c3ccccc32)C2CC2)CCC1. The molecule has 0 radical (unpaired) electrons. The lowest BCUT2D eigenvalue weighted by molar-refractivity contribution is -0.141. The number of carbonyl (C=O) groups is 3. The van der Waals surface area contributed by atoms with E-state index in [0.717, 1.165) is 43.2 Å². The number of alkyl carbamates (subject to hydrolysis) is 1. The largest absolute Gasteiger partial charge is 0.481 e. The van der Waals surface area contributed by atoms with Crippen LogP contribution < -0.4 is 10.6 Å². The normalized spacial score (nSPS) is 18.5. The molecule has 1 unspecified atom stereocenters. The average molecular weight is 477 g/mol. The molecular formula is C28H32N2O5. The van der Waals surface area contributed by atoms with E-state index in [0.29, 0.717) is 6.54 Å². The van der Waals surface area contributed by atoms with Crippen LogP contribution >= 0.6 is 0 Å². The molecule has 0 heterocycles. The molecule has 5 rings (SSSR count). The summed E-state index contributed by atoms with van der Waals surface area (Å²) in [6, 6.07) is 16.1. The van der Waals surface area contributed by atoms with Crippen LogP contribution in [0.15, 0.2) is 48.5 Å². The minimum atomic E-state index is -0.827. The molecule has 184 valence electrons. The summed E-state index contributed by atoms with van der Waals surface area (Å²) >= 11 is 0. The molecule has 2 aromatic rings. The molecule has 7 nitrogen and oxygen atoms in total. The Kier molecular flexibility index (Phi) is 6.50. The number of carboxylic acids is 1. The standard InChI is InChI=1S/C28H32N2O5/c31-25(29-17-28(12-5-13-28)15-26(32)33)14-24(18-10-11-18)30-27(34)35-16-23-21-8-3-1-6-19(21)20-7-2-4-9-22(20)23/h1-4,6-9,18,23-24H,5,10-17H2,(H,29,31)(H,30,34)(H,32,33). The molecule has 35 heavy (non-hydrogen) atoms. The molecule has 2 saturated carbocycles. The summed E-state index contributed by atoms with van der Waals surface area (Å²) < 4.78 is 5.67. The fourth-order valence-electron chi connectivity index (χ4n) is 5.60. The molecule has 0 aliphatic heterocycles. The van der Waals surface area contributed by atoms with Gasteiger partial charge in [0.2, 0.25) is 5.91 Å². The molecule has 2 amide bonds. The Bertz CT molecular complexity index is 1080. The van der Waals surface area contributed by atoms with Crippen LogP contribution in [0.5, 0.6) is 0 Å². The first-order chi connectivity index (χ1) is 16.9. The highest BCUT2D eigenvalue weighted by molar-refractivity contribution is 5.80. The highest BCUT2D eigenvalue weighted by Gasteiger charge is 2.40. The quantitative estimate of drug-likeness (QED) is 0.470. The molecular weight excluding hydrogens is 444 g/mol. The third-order valence-corrected chi connectivity index (χ3v) is 7.84. The van der Waals surface area contributed by atoms with Gasteiger partial charge in [-0.25, -0.2) is 4.79 Å². The third-order valence-electron chi connectivity index (χ3n) is 7.84. The Morgan fingerprint density at radius 2 is 1.63 bits per heavy atom. The minimum Gasteiger partial charge on any atom is -0.481 e. The van der Waals surface area contributed by atoms with Crippen molar-refractivity contribution in [2.24, 2.45) is 11.3 Å². The molecule has 0 spiro atoms. The molecule has 0 bridgehead atoms. The number of ether oxygens (including phenoxy) is 1. The molecule has 2 aromatic carbocycles. The Hall–Kier alpha value is -3.35. The van der Waals surface area contributed by atoms with Gasteiger partial charge in [-0.15, -0.1) is 0 Å². The number of hydrogen-bond donors (Lipinski definition) is 3. The van der Waals surface area contributed by atoms with Crippen LogP contribution in [0.4, 0.5) is 4.79 Å². The summed E-state index contributed by atoms with van der Waals surface area (Å²) in [6.45, 7) is 0.613. The molecule has 0 aromatic heterocycles. The van der Waals surface area contributed by atoms with Crippen LogP contribution in [0, 0.1) is 11.3 Å².